The molecule has 3 heterocycles. The molecule has 0 saturated carbocycles. The van der Waals surface area contributed by atoms with Crippen LogP contribution in [0.15, 0.2) is 72.1 Å². The Bertz CT molecular complexity index is 963. The first-order valence-electron chi connectivity index (χ1n) is 7.27. The van der Waals surface area contributed by atoms with E-state index in [1.165, 1.54) is 11.8 Å². The molecule has 0 aliphatic carbocycles. The van der Waals surface area contributed by atoms with Crippen molar-refractivity contribution in [2.75, 3.05) is 6.26 Å². The number of hydrogen-bond acceptors (Lipinski definition) is 4. The number of benzene rings is 1. The molecule has 0 aliphatic rings. The molecule has 4 rings (SSSR count). The van der Waals surface area contributed by atoms with E-state index in [9.17, 15) is 0 Å². The molecule has 4 nitrogen and oxygen atoms in total. The molecule has 0 spiro atoms. The van der Waals surface area contributed by atoms with E-state index in [1.54, 1.807) is 6.20 Å². The molecule has 0 aliphatic heterocycles. The van der Waals surface area contributed by atoms with Crippen molar-refractivity contribution < 1.29 is 0 Å². The second-order valence-corrected chi connectivity index (χ2v) is 5.82. The van der Waals surface area contributed by atoms with Crippen molar-refractivity contribution in [1.82, 2.24) is 19.6 Å². The topological polar surface area (TPSA) is 43.1 Å². The minimum absolute atomic E-state index is 0.761. The maximum absolute atomic E-state index is 4.76. The van der Waals surface area contributed by atoms with E-state index in [1.807, 2.05) is 53.4 Å². The summed E-state index contributed by atoms with van der Waals surface area (Å²) >= 11 is 1.54. The smallest absolute Gasteiger partial charge is 0.187 e. The van der Waals surface area contributed by atoms with Crippen LogP contribution in [0.4, 0.5) is 0 Å². The van der Waals surface area contributed by atoms with Crippen LogP contribution in [0.1, 0.15) is 0 Å². The van der Waals surface area contributed by atoms with Crippen LogP contribution >= 0.6 is 11.8 Å². The van der Waals surface area contributed by atoms with Gasteiger partial charge in [-0.2, -0.15) is 5.10 Å². The van der Waals surface area contributed by atoms with Gasteiger partial charge in [0.25, 0.3) is 0 Å². The summed E-state index contributed by atoms with van der Waals surface area (Å²) in [6.07, 6.45) is 5.74. The van der Waals surface area contributed by atoms with E-state index in [-0.39, 0.29) is 0 Å². The molecule has 112 valence electrons. The second-order valence-electron chi connectivity index (χ2n) is 5.05. The van der Waals surface area contributed by atoms with Gasteiger partial charge in [-0.05, 0) is 24.5 Å². The van der Waals surface area contributed by atoms with Crippen LogP contribution in [0.2, 0.25) is 0 Å². The predicted octanol–water partition coefficient (Wildman–Crippen LogP) is 4.18. The van der Waals surface area contributed by atoms with E-state index in [4.69, 9.17) is 5.10 Å². The molecule has 0 amide bonds. The molecule has 23 heavy (non-hydrogen) atoms. The maximum atomic E-state index is 4.76. The van der Waals surface area contributed by atoms with Crippen molar-refractivity contribution in [1.29, 1.82) is 0 Å². The summed E-state index contributed by atoms with van der Waals surface area (Å²) in [4.78, 5) is 8.94. The Hall–Kier alpha value is -2.66. The third-order valence-electron chi connectivity index (χ3n) is 3.66. The van der Waals surface area contributed by atoms with Gasteiger partial charge in [-0.3, -0.25) is 0 Å². The highest BCUT2D eigenvalue weighted by Gasteiger charge is 2.17. The quantitative estimate of drug-likeness (QED) is 0.420. The Morgan fingerprint density at radius 2 is 1.78 bits per heavy atom. The summed E-state index contributed by atoms with van der Waals surface area (Å²) < 4.78 is 1.90. The van der Waals surface area contributed by atoms with Crippen molar-refractivity contribution in [3.8, 4) is 22.5 Å². The summed E-state index contributed by atoms with van der Waals surface area (Å²) in [7, 11) is 0. The lowest BCUT2D eigenvalue weighted by molar-refractivity contribution is 0.966. The molecule has 0 radical (unpaired) electrons. The molecule has 0 bridgehead atoms. The van der Waals surface area contributed by atoms with Crippen molar-refractivity contribution >= 4 is 17.3 Å². The fraction of sp³-hybridized carbons (Fsp3) is 0.0556. The Balaban J connectivity index is 2.03. The summed E-state index contributed by atoms with van der Waals surface area (Å²) in [6, 6.07) is 18.2. The van der Waals surface area contributed by atoms with Gasteiger partial charge in [0, 0.05) is 18.0 Å². The summed E-state index contributed by atoms with van der Waals surface area (Å²) in [5, 5.41) is 5.53. The number of rotatable bonds is 3. The molecule has 5 heteroatoms. The number of pyridine rings is 1. The van der Waals surface area contributed by atoms with E-state index in [0.717, 1.165) is 33.2 Å². The van der Waals surface area contributed by atoms with Crippen LogP contribution in [-0.4, -0.2) is 25.8 Å². The molecule has 0 fully saturated rings. The molecule has 0 unspecified atom stereocenters. The third kappa shape index (κ3) is 2.49. The van der Waals surface area contributed by atoms with Crippen LogP contribution in [-0.2, 0) is 0 Å². The Kier molecular flexibility index (Phi) is 3.55. The number of nitrogens with zero attached hydrogens (tertiary/aromatic N) is 4. The molecule has 0 saturated heterocycles. The van der Waals surface area contributed by atoms with Crippen LogP contribution in [0.5, 0.6) is 0 Å². The van der Waals surface area contributed by atoms with Gasteiger partial charge in [0.15, 0.2) is 5.16 Å². The summed E-state index contributed by atoms with van der Waals surface area (Å²) in [6.45, 7) is 0. The van der Waals surface area contributed by atoms with E-state index in [2.05, 4.69) is 28.2 Å². The van der Waals surface area contributed by atoms with E-state index < -0.39 is 0 Å². The average Bonchev–Trinajstić information content (AvgIpc) is 3.02. The zero-order chi connectivity index (χ0) is 15.6. The first-order chi connectivity index (χ1) is 11.4. The van der Waals surface area contributed by atoms with Gasteiger partial charge in [-0.1, -0.05) is 48.2 Å². The number of hydrogen-bond donors (Lipinski definition) is 0. The van der Waals surface area contributed by atoms with Crippen molar-refractivity contribution in [2.24, 2.45) is 0 Å². The molecule has 0 atom stereocenters. The highest BCUT2D eigenvalue weighted by Crippen LogP contribution is 2.34. The molecule has 1 aromatic carbocycles. The van der Waals surface area contributed by atoms with Crippen LogP contribution in [0.3, 0.4) is 0 Å². The highest BCUT2D eigenvalue weighted by atomic mass is 32.2. The monoisotopic (exact) mass is 318 g/mol. The largest absolute Gasteiger partial charge is 0.240 e. The van der Waals surface area contributed by atoms with Gasteiger partial charge < -0.3 is 0 Å². The maximum Gasteiger partial charge on any atom is 0.187 e. The van der Waals surface area contributed by atoms with Crippen molar-refractivity contribution in [3.05, 3.63) is 67.0 Å². The van der Waals surface area contributed by atoms with Crippen LogP contribution in [0, 0.1) is 0 Å². The fourth-order valence-electron chi connectivity index (χ4n) is 2.63. The van der Waals surface area contributed by atoms with Crippen molar-refractivity contribution in [2.45, 2.75) is 5.16 Å². The van der Waals surface area contributed by atoms with Gasteiger partial charge in [0.1, 0.15) is 5.69 Å². The molecular formula is C18H14N4S. The van der Waals surface area contributed by atoms with Gasteiger partial charge in [-0.25, -0.2) is 14.5 Å². The lowest BCUT2D eigenvalue weighted by Gasteiger charge is -2.04. The number of fused-ring (bicyclic) bond motifs is 1. The molecule has 0 N–H and O–H groups in total. The Labute approximate surface area is 138 Å². The number of thioether (sulfide) groups is 1. The number of aromatic nitrogens is 4. The SMILES string of the molecule is CSc1nccc(-c2c(-c3ccccc3)nn3ccccc23)n1. The summed E-state index contributed by atoms with van der Waals surface area (Å²) in [5.41, 5.74) is 4.98. The average molecular weight is 318 g/mol. The fourth-order valence-corrected chi connectivity index (χ4v) is 2.98. The van der Waals surface area contributed by atoms with Crippen LogP contribution in [0.25, 0.3) is 28.0 Å². The normalized spacial score (nSPS) is 11.0. The summed E-state index contributed by atoms with van der Waals surface area (Å²) in [5.74, 6) is 0. The highest BCUT2D eigenvalue weighted by molar-refractivity contribution is 7.98. The zero-order valence-electron chi connectivity index (χ0n) is 12.5. The minimum atomic E-state index is 0.761. The lowest BCUT2D eigenvalue weighted by Crippen LogP contribution is -1.90. The van der Waals surface area contributed by atoms with Gasteiger partial charge in [0.05, 0.1) is 16.8 Å². The molecule has 3 aromatic heterocycles. The minimum Gasteiger partial charge on any atom is -0.240 e. The van der Waals surface area contributed by atoms with Crippen LogP contribution < -0.4 is 0 Å². The van der Waals surface area contributed by atoms with Gasteiger partial charge in [-0.15, -0.1) is 0 Å². The van der Waals surface area contributed by atoms with Gasteiger partial charge >= 0.3 is 0 Å². The second kappa shape index (κ2) is 5.85. The first-order valence-corrected chi connectivity index (χ1v) is 8.49. The first kappa shape index (κ1) is 14.0. The molecular weight excluding hydrogens is 304 g/mol. The predicted molar refractivity (Wildman–Crippen MR) is 93.4 cm³/mol. The lowest BCUT2D eigenvalue weighted by atomic mass is 10.0. The standard InChI is InChI=1S/C18H14N4S/c1-23-18-19-11-10-14(20-18)16-15-9-5-6-12-22(15)21-17(16)13-7-3-2-4-8-13/h2-12H,1H3. The van der Waals surface area contributed by atoms with Gasteiger partial charge in [0.2, 0.25) is 0 Å². The Morgan fingerprint density at radius 3 is 2.61 bits per heavy atom. The van der Waals surface area contributed by atoms with E-state index in [0.29, 0.717) is 0 Å². The molecule has 4 aromatic rings. The van der Waals surface area contributed by atoms with Crippen molar-refractivity contribution in [3.63, 3.8) is 0 Å². The Morgan fingerprint density at radius 1 is 0.957 bits per heavy atom. The zero-order valence-corrected chi connectivity index (χ0v) is 13.4. The third-order valence-corrected chi connectivity index (χ3v) is 4.22. The van der Waals surface area contributed by atoms with E-state index >= 15 is 0 Å².